The number of nitrogens with one attached hydrogen (secondary N) is 1. The van der Waals surface area contributed by atoms with Crippen molar-refractivity contribution in [3.63, 3.8) is 0 Å². The predicted molar refractivity (Wildman–Crippen MR) is 93.9 cm³/mol. The van der Waals surface area contributed by atoms with Crippen molar-refractivity contribution in [1.82, 2.24) is 29.5 Å². The highest BCUT2D eigenvalue weighted by Crippen LogP contribution is 2.31. The number of aryl methyl sites for hydroxylation is 2. The zero-order chi connectivity index (χ0) is 17.2. The summed E-state index contributed by atoms with van der Waals surface area (Å²) in [6.07, 6.45) is 10.5. The molecule has 25 heavy (non-hydrogen) atoms. The Balaban J connectivity index is 1.49. The number of piperidine rings is 1. The first kappa shape index (κ1) is 16.2. The quantitative estimate of drug-likeness (QED) is 0.931. The largest absolute Gasteiger partial charge is 0.357 e. The van der Waals surface area contributed by atoms with Crippen LogP contribution in [0.3, 0.4) is 0 Å². The normalized spacial score (nSPS) is 20.4. The molecule has 2 aromatic rings. The lowest BCUT2D eigenvalue weighted by Crippen LogP contribution is -2.45. The van der Waals surface area contributed by atoms with E-state index in [1.807, 2.05) is 35.0 Å². The van der Waals surface area contributed by atoms with Gasteiger partial charge in [-0.15, -0.1) is 10.2 Å². The molecular formula is C18H26N6O. The molecular weight excluding hydrogens is 316 g/mol. The summed E-state index contributed by atoms with van der Waals surface area (Å²) in [5.41, 5.74) is 1.12. The third kappa shape index (κ3) is 3.27. The second kappa shape index (κ2) is 6.90. The summed E-state index contributed by atoms with van der Waals surface area (Å²) in [4.78, 5) is 14.8. The van der Waals surface area contributed by atoms with Gasteiger partial charge in [-0.1, -0.05) is 0 Å². The standard InChI is InChI=1S/C18H26N6O/c1-22-11-8-14(13-22)12-19-18(25)23-9-4-2-6-15(23)17-21-20-16-7-3-5-10-24(16)17/h8,11,13,15H,2-7,9-10,12H2,1H3,(H,19,25)/t15-/m0/s1. The van der Waals surface area contributed by atoms with Crippen LogP contribution >= 0.6 is 0 Å². The fourth-order valence-corrected chi connectivity index (χ4v) is 3.97. The summed E-state index contributed by atoms with van der Waals surface area (Å²) >= 11 is 0. The Kier molecular flexibility index (Phi) is 4.46. The number of hydrogen-bond donors (Lipinski definition) is 1. The van der Waals surface area contributed by atoms with E-state index in [0.717, 1.165) is 56.0 Å². The minimum absolute atomic E-state index is 0.00159. The first-order chi connectivity index (χ1) is 12.2. The third-order valence-electron chi connectivity index (χ3n) is 5.29. The molecule has 0 aliphatic carbocycles. The molecule has 4 heterocycles. The van der Waals surface area contributed by atoms with Crippen LogP contribution in [0.5, 0.6) is 0 Å². The maximum atomic E-state index is 12.8. The highest BCUT2D eigenvalue weighted by molar-refractivity contribution is 5.74. The van der Waals surface area contributed by atoms with Gasteiger partial charge in [-0.2, -0.15) is 0 Å². The number of carbonyl (C=O) groups excluding carboxylic acids is 1. The summed E-state index contributed by atoms with van der Waals surface area (Å²) in [6.45, 7) is 2.32. The maximum absolute atomic E-state index is 12.8. The molecule has 2 aliphatic heterocycles. The highest BCUT2D eigenvalue weighted by Gasteiger charge is 2.32. The molecule has 0 radical (unpaired) electrons. The van der Waals surface area contributed by atoms with Crippen molar-refractivity contribution < 1.29 is 4.79 Å². The van der Waals surface area contributed by atoms with Crippen LogP contribution in [-0.4, -0.2) is 36.8 Å². The minimum atomic E-state index is 0.00159. The van der Waals surface area contributed by atoms with E-state index in [-0.39, 0.29) is 12.1 Å². The van der Waals surface area contributed by atoms with Crippen molar-refractivity contribution in [2.24, 2.45) is 7.05 Å². The summed E-state index contributed by atoms with van der Waals surface area (Å²) in [5, 5.41) is 11.9. The van der Waals surface area contributed by atoms with Crippen molar-refractivity contribution in [3.8, 4) is 0 Å². The van der Waals surface area contributed by atoms with Gasteiger partial charge in [0, 0.05) is 45.5 Å². The van der Waals surface area contributed by atoms with Gasteiger partial charge < -0.3 is 19.4 Å². The van der Waals surface area contributed by atoms with E-state index in [2.05, 4.69) is 20.1 Å². The molecule has 0 unspecified atom stereocenters. The number of nitrogens with zero attached hydrogens (tertiary/aromatic N) is 5. The average molecular weight is 342 g/mol. The smallest absolute Gasteiger partial charge is 0.318 e. The van der Waals surface area contributed by atoms with Crippen molar-refractivity contribution in [3.05, 3.63) is 35.7 Å². The highest BCUT2D eigenvalue weighted by atomic mass is 16.2. The number of amides is 2. The van der Waals surface area contributed by atoms with Gasteiger partial charge in [-0.3, -0.25) is 0 Å². The van der Waals surface area contributed by atoms with Crippen LogP contribution in [0.4, 0.5) is 4.79 Å². The number of hydrogen-bond acceptors (Lipinski definition) is 3. The number of aromatic nitrogens is 4. The van der Waals surface area contributed by atoms with E-state index in [1.54, 1.807) is 0 Å². The summed E-state index contributed by atoms with van der Waals surface area (Å²) in [7, 11) is 1.99. The van der Waals surface area contributed by atoms with Crippen LogP contribution in [0.2, 0.25) is 0 Å². The van der Waals surface area contributed by atoms with E-state index in [1.165, 1.54) is 12.8 Å². The lowest BCUT2D eigenvalue weighted by Gasteiger charge is -2.35. The topological polar surface area (TPSA) is 68.0 Å². The maximum Gasteiger partial charge on any atom is 0.318 e. The zero-order valence-corrected chi connectivity index (χ0v) is 14.8. The van der Waals surface area contributed by atoms with Crippen molar-refractivity contribution in [2.75, 3.05) is 6.54 Å². The summed E-state index contributed by atoms with van der Waals surface area (Å²) in [5.74, 6) is 2.06. The zero-order valence-electron chi connectivity index (χ0n) is 14.8. The van der Waals surface area contributed by atoms with E-state index < -0.39 is 0 Å². The Morgan fingerprint density at radius 3 is 2.96 bits per heavy atom. The second-order valence-corrected chi connectivity index (χ2v) is 7.13. The molecule has 1 N–H and O–H groups in total. The molecule has 0 saturated carbocycles. The molecule has 7 heteroatoms. The van der Waals surface area contributed by atoms with E-state index >= 15 is 0 Å². The Morgan fingerprint density at radius 1 is 1.24 bits per heavy atom. The summed E-state index contributed by atoms with van der Waals surface area (Å²) < 4.78 is 4.24. The molecule has 2 aliphatic rings. The Morgan fingerprint density at radius 2 is 2.12 bits per heavy atom. The Bertz CT molecular complexity index is 749. The fraction of sp³-hybridized carbons (Fsp3) is 0.611. The van der Waals surface area contributed by atoms with E-state index in [0.29, 0.717) is 6.54 Å². The van der Waals surface area contributed by atoms with Crippen LogP contribution in [0.15, 0.2) is 18.5 Å². The molecule has 1 fully saturated rings. The van der Waals surface area contributed by atoms with Crippen molar-refractivity contribution in [2.45, 2.75) is 57.7 Å². The monoisotopic (exact) mass is 342 g/mol. The van der Waals surface area contributed by atoms with Crippen LogP contribution in [0.25, 0.3) is 0 Å². The summed E-state index contributed by atoms with van der Waals surface area (Å²) in [6, 6.07) is 2.08. The SMILES string of the molecule is Cn1ccc(CNC(=O)N2CCCC[C@H]2c2nnc3n2CCCC3)c1. The number of likely N-dealkylation sites (tertiary alicyclic amines) is 1. The third-order valence-corrected chi connectivity index (χ3v) is 5.29. The molecule has 1 atom stereocenters. The Hall–Kier alpha value is -2.31. The van der Waals surface area contributed by atoms with Gasteiger partial charge in [0.05, 0.1) is 6.04 Å². The molecule has 1 saturated heterocycles. The van der Waals surface area contributed by atoms with Gasteiger partial charge in [0.1, 0.15) is 5.82 Å². The molecule has 134 valence electrons. The van der Waals surface area contributed by atoms with Gasteiger partial charge in [-0.25, -0.2) is 4.79 Å². The predicted octanol–water partition coefficient (Wildman–Crippen LogP) is 2.39. The van der Waals surface area contributed by atoms with Crippen molar-refractivity contribution in [1.29, 1.82) is 0 Å². The van der Waals surface area contributed by atoms with Crippen LogP contribution < -0.4 is 5.32 Å². The first-order valence-corrected chi connectivity index (χ1v) is 9.29. The lowest BCUT2D eigenvalue weighted by molar-refractivity contribution is 0.144. The molecule has 0 bridgehead atoms. The lowest BCUT2D eigenvalue weighted by atomic mass is 10.0. The number of fused-ring (bicyclic) bond motifs is 1. The van der Waals surface area contributed by atoms with E-state index in [9.17, 15) is 4.79 Å². The average Bonchev–Trinajstić information content (AvgIpc) is 3.26. The number of urea groups is 1. The van der Waals surface area contributed by atoms with Crippen molar-refractivity contribution >= 4 is 6.03 Å². The molecule has 0 aromatic carbocycles. The molecule has 4 rings (SSSR count). The van der Waals surface area contributed by atoms with Crippen LogP contribution in [0, 0.1) is 0 Å². The molecule has 7 nitrogen and oxygen atoms in total. The van der Waals surface area contributed by atoms with Gasteiger partial charge in [-0.05, 0) is 43.7 Å². The van der Waals surface area contributed by atoms with Gasteiger partial charge >= 0.3 is 6.03 Å². The van der Waals surface area contributed by atoms with Gasteiger partial charge in [0.2, 0.25) is 0 Å². The van der Waals surface area contributed by atoms with Gasteiger partial charge in [0.25, 0.3) is 0 Å². The van der Waals surface area contributed by atoms with E-state index in [4.69, 9.17) is 0 Å². The first-order valence-electron chi connectivity index (χ1n) is 9.29. The molecule has 0 spiro atoms. The minimum Gasteiger partial charge on any atom is -0.357 e. The molecule has 2 amide bonds. The number of carbonyl (C=O) groups is 1. The van der Waals surface area contributed by atoms with Gasteiger partial charge in [0.15, 0.2) is 5.82 Å². The second-order valence-electron chi connectivity index (χ2n) is 7.13. The fourth-order valence-electron chi connectivity index (χ4n) is 3.97. The van der Waals surface area contributed by atoms with Crippen LogP contribution in [0.1, 0.15) is 55.4 Å². The van der Waals surface area contributed by atoms with Crippen LogP contribution in [-0.2, 0) is 26.6 Å². The number of rotatable bonds is 3. The Labute approximate surface area is 148 Å². The molecule has 2 aromatic heterocycles.